The average molecular weight is 394 g/mol. The smallest absolute Gasteiger partial charge is 0.248 e. The summed E-state index contributed by atoms with van der Waals surface area (Å²) < 4.78 is 0. The summed E-state index contributed by atoms with van der Waals surface area (Å²) >= 11 is 0. The molecule has 0 radical (unpaired) electrons. The molecule has 146 valence electrons. The molecule has 7 nitrogen and oxygen atoms in total. The van der Waals surface area contributed by atoms with Crippen LogP contribution in [0.3, 0.4) is 0 Å². The Bertz CT molecular complexity index is 1340. The van der Waals surface area contributed by atoms with Crippen molar-refractivity contribution in [2.24, 2.45) is 5.73 Å². The van der Waals surface area contributed by atoms with Crippen molar-refractivity contribution in [3.05, 3.63) is 84.2 Å². The highest BCUT2D eigenvalue weighted by molar-refractivity contribution is 6.00. The third kappa shape index (κ3) is 3.22. The highest BCUT2D eigenvalue weighted by Crippen LogP contribution is 2.30. The maximum absolute atomic E-state index is 11.3. The van der Waals surface area contributed by atoms with Crippen molar-refractivity contribution in [1.29, 1.82) is 0 Å². The fourth-order valence-electron chi connectivity index (χ4n) is 3.50. The van der Waals surface area contributed by atoms with Gasteiger partial charge < -0.3 is 16.0 Å². The van der Waals surface area contributed by atoms with Crippen LogP contribution in [-0.2, 0) is 6.54 Å². The third-order valence-corrected chi connectivity index (χ3v) is 4.99. The lowest BCUT2D eigenvalue weighted by Gasteiger charge is -2.10. The Kier molecular flexibility index (Phi) is 4.33. The molecular weight excluding hydrogens is 376 g/mol. The van der Waals surface area contributed by atoms with Crippen molar-refractivity contribution < 1.29 is 4.79 Å². The van der Waals surface area contributed by atoms with Crippen LogP contribution in [0, 0.1) is 0 Å². The number of amides is 1. The van der Waals surface area contributed by atoms with Gasteiger partial charge in [0.2, 0.25) is 5.91 Å². The molecule has 4 N–H and O–H groups in total. The van der Waals surface area contributed by atoms with Gasteiger partial charge in [0.05, 0.1) is 17.6 Å². The van der Waals surface area contributed by atoms with Crippen LogP contribution in [0.5, 0.6) is 0 Å². The molecule has 2 heterocycles. The van der Waals surface area contributed by atoms with Crippen molar-refractivity contribution in [3.63, 3.8) is 0 Å². The van der Waals surface area contributed by atoms with E-state index in [1.54, 1.807) is 12.1 Å². The van der Waals surface area contributed by atoms with E-state index in [0.717, 1.165) is 38.9 Å². The number of hydrogen-bond acceptors (Lipinski definition) is 5. The molecule has 3 aromatic carbocycles. The highest BCUT2D eigenvalue weighted by atomic mass is 16.1. The predicted octanol–water partition coefficient (Wildman–Crippen LogP) is 3.88. The van der Waals surface area contributed by atoms with Gasteiger partial charge in [0.25, 0.3) is 0 Å². The first-order valence-electron chi connectivity index (χ1n) is 9.52. The molecule has 0 atom stereocenters. The first-order chi connectivity index (χ1) is 14.7. The van der Waals surface area contributed by atoms with Gasteiger partial charge in [-0.3, -0.25) is 4.79 Å². The number of anilines is 1. The monoisotopic (exact) mass is 394 g/mol. The number of nitrogens with one attached hydrogen (secondary N) is 2. The number of aromatic nitrogens is 4. The summed E-state index contributed by atoms with van der Waals surface area (Å²) in [5, 5.41) is 14.1. The second kappa shape index (κ2) is 7.29. The van der Waals surface area contributed by atoms with E-state index in [9.17, 15) is 4.79 Å². The SMILES string of the molecule is NC(=O)c1ccc(-c2nnc(NCc3nc4ccccc4[nH]3)c3ccccc23)cc1. The van der Waals surface area contributed by atoms with Crippen molar-refractivity contribution in [1.82, 2.24) is 20.2 Å². The van der Waals surface area contributed by atoms with E-state index < -0.39 is 5.91 Å². The minimum Gasteiger partial charge on any atom is -0.366 e. The Balaban J connectivity index is 1.48. The molecule has 30 heavy (non-hydrogen) atoms. The van der Waals surface area contributed by atoms with Crippen LogP contribution in [0.4, 0.5) is 5.82 Å². The van der Waals surface area contributed by atoms with Crippen LogP contribution in [0.2, 0.25) is 0 Å². The number of hydrogen-bond donors (Lipinski definition) is 3. The van der Waals surface area contributed by atoms with Gasteiger partial charge in [-0.1, -0.05) is 48.5 Å². The molecule has 0 bridgehead atoms. The topological polar surface area (TPSA) is 110 Å². The molecular formula is C23H18N6O. The number of fused-ring (bicyclic) bond motifs is 2. The number of para-hydroxylation sites is 2. The fraction of sp³-hybridized carbons (Fsp3) is 0.0435. The number of H-pyrrole nitrogens is 1. The molecule has 2 aromatic heterocycles. The normalized spacial score (nSPS) is 11.1. The van der Waals surface area contributed by atoms with Gasteiger partial charge in [0.15, 0.2) is 5.82 Å². The number of carbonyl (C=O) groups excluding carboxylic acids is 1. The van der Waals surface area contributed by atoms with E-state index in [0.29, 0.717) is 17.9 Å². The first-order valence-corrected chi connectivity index (χ1v) is 9.52. The molecule has 1 amide bonds. The molecule has 5 rings (SSSR count). The molecule has 0 saturated heterocycles. The summed E-state index contributed by atoms with van der Waals surface area (Å²) in [7, 11) is 0. The maximum atomic E-state index is 11.3. The lowest BCUT2D eigenvalue weighted by Crippen LogP contribution is -2.10. The minimum absolute atomic E-state index is 0.456. The molecule has 5 aromatic rings. The van der Waals surface area contributed by atoms with Crippen molar-refractivity contribution in [3.8, 4) is 11.3 Å². The predicted molar refractivity (Wildman–Crippen MR) is 117 cm³/mol. The third-order valence-electron chi connectivity index (χ3n) is 4.99. The van der Waals surface area contributed by atoms with Crippen molar-refractivity contribution in [2.45, 2.75) is 6.54 Å². The number of primary amides is 1. The van der Waals surface area contributed by atoms with Crippen molar-refractivity contribution in [2.75, 3.05) is 5.32 Å². The number of carbonyl (C=O) groups is 1. The first kappa shape index (κ1) is 17.8. The fourth-order valence-corrected chi connectivity index (χ4v) is 3.50. The van der Waals surface area contributed by atoms with Crippen molar-refractivity contribution >= 4 is 33.5 Å². The Hall–Kier alpha value is -4.26. The summed E-state index contributed by atoms with van der Waals surface area (Å²) in [6.07, 6.45) is 0. The highest BCUT2D eigenvalue weighted by Gasteiger charge is 2.12. The van der Waals surface area contributed by atoms with Gasteiger partial charge in [-0.25, -0.2) is 4.98 Å². The Morgan fingerprint density at radius 1 is 0.900 bits per heavy atom. The van der Waals surface area contributed by atoms with Gasteiger partial charge in [-0.15, -0.1) is 10.2 Å². The Morgan fingerprint density at radius 2 is 1.63 bits per heavy atom. The summed E-state index contributed by atoms with van der Waals surface area (Å²) in [4.78, 5) is 19.2. The Morgan fingerprint density at radius 3 is 2.40 bits per heavy atom. The van der Waals surface area contributed by atoms with Gasteiger partial charge in [-0.2, -0.15) is 0 Å². The molecule has 0 spiro atoms. The van der Waals surface area contributed by atoms with Crippen LogP contribution in [0.25, 0.3) is 33.1 Å². The van der Waals surface area contributed by atoms with E-state index in [4.69, 9.17) is 5.73 Å². The number of nitrogens with zero attached hydrogens (tertiary/aromatic N) is 3. The van der Waals surface area contributed by atoms with Gasteiger partial charge >= 0.3 is 0 Å². The second-order valence-electron chi connectivity index (χ2n) is 6.94. The van der Waals surface area contributed by atoms with E-state index in [-0.39, 0.29) is 0 Å². The quantitative estimate of drug-likeness (QED) is 0.419. The molecule has 0 aliphatic rings. The number of benzene rings is 3. The zero-order valence-electron chi connectivity index (χ0n) is 16.0. The summed E-state index contributed by atoms with van der Waals surface area (Å²) in [6.45, 7) is 0.500. The van der Waals surface area contributed by atoms with E-state index in [1.807, 2.05) is 60.7 Å². The average Bonchev–Trinajstić information content (AvgIpc) is 3.20. The zero-order valence-corrected chi connectivity index (χ0v) is 16.0. The van der Waals surface area contributed by atoms with E-state index in [2.05, 4.69) is 25.5 Å². The number of imidazole rings is 1. The lowest BCUT2D eigenvalue weighted by atomic mass is 10.0. The minimum atomic E-state index is -0.456. The zero-order chi connectivity index (χ0) is 20.5. The number of aromatic amines is 1. The van der Waals surface area contributed by atoms with E-state index in [1.165, 1.54) is 0 Å². The Labute approximate surface area is 172 Å². The van der Waals surface area contributed by atoms with E-state index >= 15 is 0 Å². The summed E-state index contributed by atoms with van der Waals surface area (Å²) in [5.41, 5.74) is 9.34. The van der Waals surface area contributed by atoms with Crippen LogP contribution < -0.4 is 11.1 Å². The molecule has 0 aliphatic heterocycles. The molecule has 7 heteroatoms. The number of rotatable bonds is 5. The van der Waals surface area contributed by atoms with Gasteiger partial charge in [0.1, 0.15) is 11.5 Å². The van der Waals surface area contributed by atoms with Crippen LogP contribution in [-0.4, -0.2) is 26.1 Å². The molecule has 0 saturated carbocycles. The molecule has 0 aliphatic carbocycles. The molecule has 0 fully saturated rings. The van der Waals surface area contributed by atoms with Crippen LogP contribution in [0.15, 0.2) is 72.8 Å². The molecule has 0 unspecified atom stereocenters. The standard InChI is InChI=1S/C23H18N6O/c24-22(30)15-11-9-14(10-12-15)21-16-5-1-2-6-17(16)23(29-28-21)25-13-20-26-18-7-3-4-8-19(18)27-20/h1-12H,13H2,(H2,24,30)(H,25,29)(H,26,27). The second-order valence-corrected chi connectivity index (χ2v) is 6.94. The van der Waals surface area contributed by atoms with Gasteiger partial charge in [0, 0.05) is 21.9 Å². The van der Waals surface area contributed by atoms with Crippen LogP contribution >= 0.6 is 0 Å². The maximum Gasteiger partial charge on any atom is 0.248 e. The number of nitrogens with two attached hydrogens (primary N) is 1. The lowest BCUT2D eigenvalue weighted by molar-refractivity contribution is 0.100. The largest absolute Gasteiger partial charge is 0.366 e. The van der Waals surface area contributed by atoms with Crippen LogP contribution in [0.1, 0.15) is 16.2 Å². The summed E-state index contributed by atoms with van der Waals surface area (Å²) in [6, 6.07) is 22.9. The summed E-state index contributed by atoms with van der Waals surface area (Å²) in [5.74, 6) is 1.05. The van der Waals surface area contributed by atoms with Gasteiger partial charge in [-0.05, 0) is 24.3 Å².